The smallest absolute Gasteiger partial charge is 0.269 e. The molecule has 1 fully saturated rings. The molecule has 0 aromatic heterocycles. The topological polar surface area (TPSA) is 58.4 Å². The molecule has 17 heavy (non-hydrogen) atoms. The first-order valence-electron chi connectivity index (χ1n) is 5.87. The van der Waals surface area contributed by atoms with Crippen LogP contribution in [-0.4, -0.2) is 36.0 Å². The molecule has 5 nitrogen and oxygen atoms in total. The molecule has 1 N–H and O–H groups in total. The summed E-state index contributed by atoms with van der Waals surface area (Å²) in [5.74, 6) is 0. The van der Waals surface area contributed by atoms with Crippen LogP contribution in [0.1, 0.15) is 18.5 Å². The maximum atomic E-state index is 10.6. The molecule has 2 rings (SSSR count). The highest BCUT2D eigenvalue weighted by atomic mass is 16.6. The summed E-state index contributed by atoms with van der Waals surface area (Å²) in [6, 6.07) is 7.18. The molecule has 92 valence electrons. The van der Waals surface area contributed by atoms with Crippen molar-refractivity contribution in [1.82, 2.24) is 10.2 Å². The molecule has 0 bridgehead atoms. The van der Waals surface area contributed by atoms with Crippen LogP contribution in [0.2, 0.25) is 0 Å². The molecular weight excluding hydrogens is 218 g/mol. The van der Waals surface area contributed by atoms with Crippen molar-refractivity contribution in [2.75, 3.05) is 26.2 Å². The van der Waals surface area contributed by atoms with Crippen LogP contribution in [0.4, 0.5) is 5.69 Å². The first kappa shape index (κ1) is 12.0. The molecule has 0 amide bonds. The molecular formula is C12H17N3O2. The Bertz CT molecular complexity index is 385. The molecule has 1 saturated heterocycles. The summed E-state index contributed by atoms with van der Waals surface area (Å²) in [5, 5.41) is 13.9. The maximum absolute atomic E-state index is 10.6. The Balaban J connectivity index is 2.07. The van der Waals surface area contributed by atoms with Crippen molar-refractivity contribution in [2.24, 2.45) is 0 Å². The van der Waals surface area contributed by atoms with E-state index in [1.807, 2.05) is 12.1 Å². The second-order valence-electron chi connectivity index (χ2n) is 4.31. The van der Waals surface area contributed by atoms with Crippen molar-refractivity contribution >= 4 is 5.69 Å². The van der Waals surface area contributed by atoms with E-state index < -0.39 is 0 Å². The first-order valence-corrected chi connectivity index (χ1v) is 5.87. The fourth-order valence-electron chi connectivity index (χ4n) is 2.15. The van der Waals surface area contributed by atoms with Gasteiger partial charge in [-0.05, 0) is 12.5 Å². The molecule has 1 atom stereocenters. The zero-order valence-electron chi connectivity index (χ0n) is 9.93. The Labute approximate surface area is 101 Å². The summed E-state index contributed by atoms with van der Waals surface area (Å²) >= 11 is 0. The normalized spacial score (nSPS) is 18.9. The molecule has 0 saturated carbocycles. The van der Waals surface area contributed by atoms with Gasteiger partial charge in [-0.25, -0.2) is 0 Å². The Morgan fingerprint density at radius 1 is 1.29 bits per heavy atom. The minimum absolute atomic E-state index is 0.154. The number of nitro groups is 1. The Morgan fingerprint density at radius 3 is 2.41 bits per heavy atom. The minimum Gasteiger partial charge on any atom is -0.314 e. The van der Waals surface area contributed by atoms with E-state index in [1.165, 1.54) is 0 Å². The Kier molecular flexibility index (Phi) is 3.71. The fraction of sp³-hybridized carbons (Fsp3) is 0.500. The number of benzene rings is 1. The van der Waals surface area contributed by atoms with E-state index in [9.17, 15) is 10.1 Å². The summed E-state index contributed by atoms with van der Waals surface area (Å²) in [6.45, 7) is 6.22. The number of piperazine rings is 1. The summed E-state index contributed by atoms with van der Waals surface area (Å²) < 4.78 is 0. The molecule has 0 spiro atoms. The highest BCUT2D eigenvalue weighted by Crippen LogP contribution is 2.22. The number of hydrogen-bond acceptors (Lipinski definition) is 4. The van der Waals surface area contributed by atoms with Crippen LogP contribution in [0.25, 0.3) is 0 Å². The summed E-state index contributed by atoms with van der Waals surface area (Å²) in [6.07, 6.45) is 0. The Morgan fingerprint density at radius 2 is 1.88 bits per heavy atom. The van der Waals surface area contributed by atoms with Crippen LogP contribution in [0, 0.1) is 10.1 Å². The van der Waals surface area contributed by atoms with Crippen molar-refractivity contribution < 1.29 is 4.92 Å². The Hall–Kier alpha value is -1.46. The van der Waals surface area contributed by atoms with Gasteiger partial charge >= 0.3 is 0 Å². The highest BCUT2D eigenvalue weighted by molar-refractivity contribution is 5.34. The van der Waals surface area contributed by atoms with E-state index in [-0.39, 0.29) is 10.6 Å². The number of nitro benzene ring substituents is 1. The number of non-ortho nitro benzene ring substituents is 1. The van der Waals surface area contributed by atoms with E-state index in [2.05, 4.69) is 17.1 Å². The zero-order valence-corrected chi connectivity index (χ0v) is 9.93. The molecule has 1 aliphatic rings. The van der Waals surface area contributed by atoms with Gasteiger partial charge in [0.15, 0.2) is 0 Å². The molecule has 1 aliphatic heterocycles. The van der Waals surface area contributed by atoms with Gasteiger partial charge in [0.2, 0.25) is 0 Å². The lowest BCUT2D eigenvalue weighted by Crippen LogP contribution is -2.44. The van der Waals surface area contributed by atoms with Crippen molar-refractivity contribution in [3.05, 3.63) is 39.9 Å². The third-order valence-corrected chi connectivity index (χ3v) is 3.29. The van der Waals surface area contributed by atoms with E-state index >= 15 is 0 Å². The van der Waals surface area contributed by atoms with Crippen LogP contribution in [-0.2, 0) is 0 Å². The summed E-state index contributed by atoms with van der Waals surface area (Å²) in [5.41, 5.74) is 1.29. The largest absolute Gasteiger partial charge is 0.314 e. The van der Waals surface area contributed by atoms with Crippen LogP contribution >= 0.6 is 0 Å². The minimum atomic E-state index is -0.362. The third kappa shape index (κ3) is 2.81. The van der Waals surface area contributed by atoms with Gasteiger partial charge in [0.1, 0.15) is 0 Å². The van der Waals surface area contributed by atoms with Gasteiger partial charge in [-0.3, -0.25) is 15.0 Å². The predicted octanol–water partition coefficient (Wildman–Crippen LogP) is 1.56. The number of nitrogens with one attached hydrogen (secondary N) is 1. The lowest BCUT2D eigenvalue weighted by molar-refractivity contribution is -0.384. The monoisotopic (exact) mass is 235 g/mol. The van der Waals surface area contributed by atoms with Crippen molar-refractivity contribution in [1.29, 1.82) is 0 Å². The summed E-state index contributed by atoms with van der Waals surface area (Å²) in [4.78, 5) is 12.6. The maximum Gasteiger partial charge on any atom is 0.269 e. The van der Waals surface area contributed by atoms with Crippen molar-refractivity contribution in [2.45, 2.75) is 13.0 Å². The average Bonchev–Trinajstić information content (AvgIpc) is 2.39. The van der Waals surface area contributed by atoms with Gasteiger partial charge in [0, 0.05) is 44.4 Å². The van der Waals surface area contributed by atoms with Gasteiger partial charge in [0.05, 0.1) is 4.92 Å². The molecule has 1 aromatic carbocycles. The number of rotatable bonds is 3. The lowest BCUT2D eigenvalue weighted by atomic mass is 10.1. The lowest BCUT2D eigenvalue weighted by Gasteiger charge is -2.33. The number of hydrogen-bond donors (Lipinski definition) is 1. The van der Waals surface area contributed by atoms with Crippen LogP contribution in [0.3, 0.4) is 0 Å². The zero-order chi connectivity index (χ0) is 12.3. The van der Waals surface area contributed by atoms with Crippen LogP contribution in [0.15, 0.2) is 24.3 Å². The van der Waals surface area contributed by atoms with Gasteiger partial charge < -0.3 is 5.32 Å². The quantitative estimate of drug-likeness (QED) is 0.638. The van der Waals surface area contributed by atoms with E-state index in [0.29, 0.717) is 6.04 Å². The molecule has 1 heterocycles. The summed E-state index contributed by atoms with van der Waals surface area (Å²) in [7, 11) is 0. The van der Waals surface area contributed by atoms with Crippen LogP contribution < -0.4 is 5.32 Å². The highest BCUT2D eigenvalue weighted by Gasteiger charge is 2.18. The molecule has 5 heteroatoms. The van der Waals surface area contributed by atoms with E-state index in [0.717, 1.165) is 31.7 Å². The SMILES string of the molecule is C[C@@H](c1ccc([N+](=O)[O-])cc1)N1CCNCC1. The predicted molar refractivity (Wildman–Crippen MR) is 66.0 cm³/mol. The fourth-order valence-corrected chi connectivity index (χ4v) is 2.15. The standard InChI is InChI=1S/C12H17N3O2/c1-10(14-8-6-13-7-9-14)11-2-4-12(5-3-11)15(16)17/h2-5,10,13H,6-9H2,1H3/t10-/m0/s1. The van der Waals surface area contributed by atoms with Gasteiger partial charge in [0.25, 0.3) is 5.69 Å². The van der Waals surface area contributed by atoms with E-state index in [4.69, 9.17) is 0 Å². The molecule has 0 aliphatic carbocycles. The van der Waals surface area contributed by atoms with Crippen molar-refractivity contribution in [3.8, 4) is 0 Å². The third-order valence-electron chi connectivity index (χ3n) is 3.29. The average molecular weight is 235 g/mol. The van der Waals surface area contributed by atoms with Gasteiger partial charge in [-0.2, -0.15) is 0 Å². The van der Waals surface area contributed by atoms with Crippen molar-refractivity contribution in [3.63, 3.8) is 0 Å². The second kappa shape index (κ2) is 5.25. The first-order chi connectivity index (χ1) is 8.18. The molecule has 1 aromatic rings. The number of nitrogens with zero attached hydrogens (tertiary/aromatic N) is 2. The molecule has 0 radical (unpaired) electrons. The molecule has 0 unspecified atom stereocenters. The van der Waals surface area contributed by atoms with Gasteiger partial charge in [-0.15, -0.1) is 0 Å². The van der Waals surface area contributed by atoms with Gasteiger partial charge in [-0.1, -0.05) is 12.1 Å². The second-order valence-corrected chi connectivity index (χ2v) is 4.31. The van der Waals surface area contributed by atoms with E-state index in [1.54, 1.807) is 12.1 Å². The van der Waals surface area contributed by atoms with Crippen LogP contribution in [0.5, 0.6) is 0 Å².